The highest BCUT2D eigenvalue weighted by atomic mass is 79.9. The van der Waals surface area contributed by atoms with Crippen molar-refractivity contribution >= 4 is 31.6 Å². The summed E-state index contributed by atoms with van der Waals surface area (Å²) < 4.78 is 40.5. The van der Waals surface area contributed by atoms with E-state index in [0.29, 0.717) is 28.3 Å². The molecule has 3 rings (SSSR count). The van der Waals surface area contributed by atoms with E-state index < -0.39 is 10.0 Å². The summed E-state index contributed by atoms with van der Waals surface area (Å²) in [5.41, 5.74) is 0.337. The molecule has 1 N–H and O–H groups in total. The third kappa shape index (κ3) is 4.81. The van der Waals surface area contributed by atoms with Gasteiger partial charge in [0.25, 0.3) is 10.0 Å². The summed E-state index contributed by atoms with van der Waals surface area (Å²) in [6.07, 6.45) is 0. The molecule has 0 unspecified atom stereocenters. The average Bonchev–Trinajstić information content (AvgIpc) is 2.65. The number of nitrogens with one attached hydrogen (secondary N) is 1. The molecule has 0 aromatic heterocycles. The predicted octanol–water partition coefficient (Wildman–Crippen LogP) is 5.44. The second-order valence-electron chi connectivity index (χ2n) is 5.54. The van der Waals surface area contributed by atoms with E-state index in [1.807, 2.05) is 18.2 Å². The Morgan fingerprint density at radius 3 is 2.37 bits per heavy atom. The number of rotatable bonds is 7. The monoisotopic (exact) mass is 447 g/mol. The highest BCUT2D eigenvalue weighted by molar-refractivity contribution is 9.10. The summed E-state index contributed by atoms with van der Waals surface area (Å²) in [4.78, 5) is 0.0493. The number of anilines is 1. The van der Waals surface area contributed by atoms with Crippen LogP contribution in [0.25, 0.3) is 0 Å². The summed E-state index contributed by atoms with van der Waals surface area (Å²) >= 11 is 3.31. The van der Waals surface area contributed by atoms with E-state index in [1.165, 1.54) is 6.07 Å². The molecular formula is C20H18BrNO4S. The molecule has 140 valence electrons. The van der Waals surface area contributed by atoms with Gasteiger partial charge in [-0.15, -0.1) is 0 Å². The number of para-hydroxylation sites is 3. The fourth-order valence-corrected chi connectivity index (χ4v) is 4.18. The van der Waals surface area contributed by atoms with Gasteiger partial charge in [0.15, 0.2) is 5.75 Å². The number of benzene rings is 3. The molecular weight excluding hydrogens is 430 g/mol. The molecule has 3 aromatic carbocycles. The van der Waals surface area contributed by atoms with E-state index in [0.717, 1.165) is 0 Å². The lowest BCUT2D eigenvalue weighted by Crippen LogP contribution is -2.15. The van der Waals surface area contributed by atoms with E-state index in [4.69, 9.17) is 9.47 Å². The van der Waals surface area contributed by atoms with Gasteiger partial charge >= 0.3 is 0 Å². The summed E-state index contributed by atoms with van der Waals surface area (Å²) in [7, 11) is -3.89. The van der Waals surface area contributed by atoms with Crippen LogP contribution in [0.5, 0.6) is 17.2 Å². The zero-order valence-electron chi connectivity index (χ0n) is 14.6. The molecule has 0 bridgehead atoms. The maximum Gasteiger partial charge on any atom is 0.265 e. The van der Waals surface area contributed by atoms with Crippen molar-refractivity contribution in [1.29, 1.82) is 0 Å². The van der Waals surface area contributed by atoms with Crippen molar-refractivity contribution in [1.82, 2.24) is 0 Å². The first-order valence-electron chi connectivity index (χ1n) is 8.26. The number of sulfonamides is 1. The summed E-state index contributed by atoms with van der Waals surface area (Å²) in [5.74, 6) is 1.30. The molecule has 0 radical (unpaired) electrons. The first-order valence-corrected chi connectivity index (χ1v) is 10.5. The highest BCUT2D eigenvalue weighted by Crippen LogP contribution is 2.33. The van der Waals surface area contributed by atoms with Gasteiger partial charge in [-0.3, -0.25) is 4.72 Å². The van der Waals surface area contributed by atoms with Gasteiger partial charge < -0.3 is 9.47 Å². The molecule has 0 heterocycles. The molecule has 0 saturated carbocycles. The first kappa shape index (κ1) is 19.3. The smallest absolute Gasteiger partial charge is 0.265 e. The van der Waals surface area contributed by atoms with Crippen LogP contribution in [0.15, 0.2) is 82.2 Å². The average molecular weight is 448 g/mol. The Kier molecular flexibility index (Phi) is 6.03. The van der Waals surface area contributed by atoms with Crippen molar-refractivity contribution in [3.63, 3.8) is 0 Å². The molecule has 5 nitrogen and oxygen atoms in total. The summed E-state index contributed by atoms with van der Waals surface area (Å²) in [6.45, 7) is 2.16. The maximum absolute atomic E-state index is 13.0. The van der Waals surface area contributed by atoms with Gasteiger partial charge in [-0.25, -0.2) is 8.42 Å². The van der Waals surface area contributed by atoms with Gasteiger partial charge in [0.05, 0.1) is 12.3 Å². The van der Waals surface area contributed by atoms with Crippen LogP contribution >= 0.6 is 15.9 Å². The Labute approximate surface area is 167 Å². The lowest BCUT2D eigenvalue weighted by molar-refractivity contribution is 0.331. The fourth-order valence-electron chi connectivity index (χ4n) is 2.42. The SMILES string of the molecule is CCOc1ccc(Br)cc1S(=O)(=O)Nc1ccccc1Oc1ccccc1. The number of hydrogen-bond acceptors (Lipinski definition) is 4. The molecule has 3 aromatic rings. The zero-order chi connectivity index (χ0) is 19.3. The van der Waals surface area contributed by atoms with E-state index >= 15 is 0 Å². The molecule has 27 heavy (non-hydrogen) atoms. The van der Waals surface area contributed by atoms with E-state index in [1.54, 1.807) is 55.5 Å². The van der Waals surface area contributed by atoms with Gasteiger partial charge in [0.2, 0.25) is 0 Å². The predicted molar refractivity (Wildman–Crippen MR) is 109 cm³/mol. The highest BCUT2D eigenvalue weighted by Gasteiger charge is 2.22. The topological polar surface area (TPSA) is 64.6 Å². The van der Waals surface area contributed by atoms with Crippen LogP contribution in [0.3, 0.4) is 0 Å². The van der Waals surface area contributed by atoms with Crippen LogP contribution in [0.4, 0.5) is 5.69 Å². The summed E-state index contributed by atoms with van der Waals surface area (Å²) in [5, 5.41) is 0. The molecule has 0 atom stereocenters. The Morgan fingerprint density at radius 1 is 0.926 bits per heavy atom. The normalized spacial score (nSPS) is 11.0. The van der Waals surface area contributed by atoms with Crippen molar-refractivity contribution in [2.75, 3.05) is 11.3 Å². The van der Waals surface area contributed by atoms with Crippen LogP contribution in [-0.4, -0.2) is 15.0 Å². The quantitative estimate of drug-likeness (QED) is 0.523. The van der Waals surface area contributed by atoms with Crippen LogP contribution in [-0.2, 0) is 10.0 Å². The summed E-state index contributed by atoms with van der Waals surface area (Å²) in [6, 6.07) is 20.9. The van der Waals surface area contributed by atoms with Gasteiger partial charge in [-0.2, -0.15) is 0 Å². The standard InChI is InChI=1S/C20H18BrNO4S/c1-2-25-19-13-12-15(21)14-20(19)27(23,24)22-17-10-6-7-11-18(17)26-16-8-4-3-5-9-16/h3-14,22H,2H2,1H3. The minimum absolute atomic E-state index is 0.0493. The fraction of sp³-hybridized carbons (Fsp3) is 0.100. The Balaban J connectivity index is 1.94. The van der Waals surface area contributed by atoms with E-state index in [-0.39, 0.29) is 10.6 Å². The van der Waals surface area contributed by atoms with Crippen LogP contribution in [0.2, 0.25) is 0 Å². The van der Waals surface area contributed by atoms with E-state index in [2.05, 4.69) is 20.7 Å². The molecule has 0 aliphatic carbocycles. The molecule has 0 aliphatic heterocycles. The first-order chi connectivity index (χ1) is 13.0. The van der Waals surface area contributed by atoms with Crippen molar-refractivity contribution in [2.45, 2.75) is 11.8 Å². The molecule has 0 fully saturated rings. The van der Waals surface area contributed by atoms with Gasteiger partial charge in [0.1, 0.15) is 16.4 Å². The molecule has 7 heteroatoms. The van der Waals surface area contributed by atoms with E-state index in [9.17, 15) is 8.42 Å². The number of ether oxygens (including phenoxy) is 2. The zero-order valence-corrected chi connectivity index (χ0v) is 17.0. The minimum Gasteiger partial charge on any atom is -0.492 e. The van der Waals surface area contributed by atoms with Gasteiger partial charge in [0, 0.05) is 4.47 Å². The van der Waals surface area contributed by atoms with Crippen molar-refractivity contribution in [2.24, 2.45) is 0 Å². The number of halogens is 1. The molecule has 0 aliphatic rings. The van der Waals surface area contributed by atoms with Crippen molar-refractivity contribution in [3.05, 3.63) is 77.3 Å². The van der Waals surface area contributed by atoms with Gasteiger partial charge in [-0.1, -0.05) is 46.3 Å². The van der Waals surface area contributed by atoms with Crippen LogP contribution in [0, 0.1) is 0 Å². The Hall–Kier alpha value is -2.51. The largest absolute Gasteiger partial charge is 0.492 e. The van der Waals surface area contributed by atoms with Gasteiger partial charge in [-0.05, 0) is 49.4 Å². The Bertz CT molecular complexity index is 1020. The second kappa shape index (κ2) is 8.45. The third-order valence-electron chi connectivity index (χ3n) is 3.60. The molecule has 0 saturated heterocycles. The Morgan fingerprint density at radius 2 is 1.63 bits per heavy atom. The van der Waals surface area contributed by atoms with Crippen LogP contribution in [0.1, 0.15) is 6.92 Å². The van der Waals surface area contributed by atoms with Crippen molar-refractivity contribution < 1.29 is 17.9 Å². The molecule has 0 amide bonds. The molecule has 0 spiro atoms. The van der Waals surface area contributed by atoms with Crippen molar-refractivity contribution in [3.8, 4) is 17.2 Å². The third-order valence-corrected chi connectivity index (χ3v) is 5.48. The lowest BCUT2D eigenvalue weighted by atomic mass is 10.3. The van der Waals surface area contributed by atoms with Crippen LogP contribution < -0.4 is 14.2 Å². The maximum atomic E-state index is 13.0. The number of hydrogen-bond donors (Lipinski definition) is 1. The minimum atomic E-state index is -3.89. The second-order valence-corrected chi connectivity index (χ2v) is 8.11. The lowest BCUT2D eigenvalue weighted by Gasteiger charge is -2.15.